The molecule has 0 aromatic heterocycles. The molecule has 0 bridgehead atoms. The van der Waals surface area contributed by atoms with Crippen molar-refractivity contribution in [1.82, 2.24) is 5.32 Å². The molecule has 126 valence electrons. The van der Waals surface area contributed by atoms with Crippen molar-refractivity contribution >= 4 is 29.1 Å². The summed E-state index contributed by atoms with van der Waals surface area (Å²) in [5, 5.41) is 3.92. The number of hydrogen-bond acceptors (Lipinski definition) is 4. The maximum absolute atomic E-state index is 12.0. The minimum absolute atomic E-state index is 0.0886. The van der Waals surface area contributed by atoms with Gasteiger partial charge < -0.3 is 19.5 Å². The van der Waals surface area contributed by atoms with E-state index in [2.05, 4.69) is 5.32 Å². The molecule has 1 saturated carbocycles. The fourth-order valence-corrected chi connectivity index (χ4v) is 3.32. The molecular formula is C16H19Cl2NO4. The summed E-state index contributed by atoms with van der Waals surface area (Å²) in [4.78, 5) is 12.0. The molecule has 0 atom stereocenters. The highest BCUT2D eigenvalue weighted by molar-refractivity contribution is 6.34. The molecule has 1 spiro atoms. The van der Waals surface area contributed by atoms with Gasteiger partial charge in [0.1, 0.15) is 5.75 Å². The van der Waals surface area contributed by atoms with E-state index >= 15 is 0 Å². The van der Waals surface area contributed by atoms with Crippen molar-refractivity contribution in [2.24, 2.45) is 0 Å². The summed E-state index contributed by atoms with van der Waals surface area (Å²) in [6.07, 6.45) is 3.28. The summed E-state index contributed by atoms with van der Waals surface area (Å²) in [6.45, 7) is 1.23. The molecule has 0 unspecified atom stereocenters. The standard InChI is InChI=1S/C16H19Cl2NO4/c17-11-1-2-13(18)14(9-11)21-10-15(20)19-12-3-5-16(6-4-12)22-7-8-23-16/h1-2,9,12H,3-8,10H2,(H,19,20). The Bertz CT molecular complexity index is 565. The van der Waals surface area contributed by atoms with Crippen LogP contribution in [0.3, 0.4) is 0 Å². The molecule has 0 radical (unpaired) electrons. The van der Waals surface area contributed by atoms with Crippen molar-refractivity contribution < 1.29 is 19.0 Å². The molecular weight excluding hydrogens is 341 g/mol. The molecule has 2 fully saturated rings. The van der Waals surface area contributed by atoms with E-state index in [0.717, 1.165) is 25.7 Å². The van der Waals surface area contributed by atoms with Crippen LogP contribution in [0.5, 0.6) is 5.75 Å². The van der Waals surface area contributed by atoms with E-state index in [-0.39, 0.29) is 18.6 Å². The van der Waals surface area contributed by atoms with E-state index in [9.17, 15) is 4.79 Å². The Morgan fingerprint density at radius 3 is 2.65 bits per heavy atom. The number of nitrogens with one attached hydrogen (secondary N) is 1. The van der Waals surface area contributed by atoms with Crippen LogP contribution in [-0.4, -0.2) is 37.6 Å². The number of carbonyl (C=O) groups excluding carboxylic acids is 1. The average molecular weight is 360 g/mol. The molecule has 1 aliphatic heterocycles. The first kappa shape index (κ1) is 16.8. The summed E-state index contributed by atoms with van der Waals surface area (Å²) < 4.78 is 16.8. The smallest absolute Gasteiger partial charge is 0.258 e. The van der Waals surface area contributed by atoms with Gasteiger partial charge in [-0.05, 0) is 25.0 Å². The molecule has 1 heterocycles. The first-order valence-electron chi connectivity index (χ1n) is 7.71. The van der Waals surface area contributed by atoms with Crippen LogP contribution in [0.1, 0.15) is 25.7 Å². The zero-order valence-electron chi connectivity index (χ0n) is 12.6. The SMILES string of the molecule is O=C(COc1cc(Cl)ccc1Cl)NC1CCC2(CC1)OCCO2. The summed E-state index contributed by atoms with van der Waals surface area (Å²) in [6, 6.07) is 5.02. The second-order valence-electron chi connectivity index (χ2n) is 5.81. The van der Waals surface area contributed by atoms with Crippen molar-refractivity contribution in [1.29, 1.82) is 0 Å². The third kappa shape index (κ3) is 4.29. The maximum Gasteiger partial charge on any atom is 0.258 e. The monoisotopic (exact) mass is 359 g/mol. The van der Waals surface area contributed by atoms with Crippen molar-refractivity contribution in [3.05, 3.63) is 28.2 Å². The largest absolute Gasteiger partial charge is 0.482 e. The van der Waals surface area contributed by atoms with Crippen LogP contribution in [-0.2, 0) is 14.3 Å². The lowest BCUT2D eigenvalue weighted by Crippen LogP contribution is -2.45. The third-order valence-electron chi connectivity index (χ3n) is 4.18. The van der Waals surface area contributed by atoms with Gasteiger partial charge >= 0.3 is 0 Å². The quantitative estimate of drug-likeness (QED) is 0.896. The highest BCUT2D eigenvalue weighted by Gasteiger charge is 2.40. The summed E-state index contributed by atoms with van der Waals surface area (Å²) in [7, 11) is 0. The van der Waals surface area contributed by atoms with Gasteiger partial charge in [-0.3, -0.25) is 4.79 Å². The second-order valence-corrected chi connectivity index (χ2v) is 6.66. The summed E-state index contributed by atoms with van der Waals surface area (Å²) in [5.41, 5.74) is 0. The van der Waals surface area contributed by atoms with Crippen molar-refractivity contribution in [3.63, 3.8) is 0 Å². The Labute approximate surface area is 145 Å². The normalized spacial score (nSPS) is 20.6. The van der Waals surface area contributed by atoms with Gasteiger partial charge in [0.25, 0.3) is 5.91 Å². The Morgan fingerprint density at radius 2 is 1.96 bits per heavy atom. The highest BCUT2D eigenvalue weighted by atomic mass is 35.5. The molecule has 1 aromatic rings. The Morgan fingerprint density at radius 1 is 1.26 bits per heavy atom. The van der Waals surface area contributed by atoms with Gasteiger partial charge in [-0.15, -0.1) is 0 Å². The van der Waals surface area contributed by atoms with Crippen LogP contribution < -0.4 is 10.1 Å². The zero-order valence-corrected chi connectivity index (χ0v) is 14.2. The lowest BCUT2D eigenvalue weighted by molar-refractivity contribution is -0.180. The molecule has 2 aliphatic rings. The average Bonchev–Trinajstić information content (AvgIpc) is 2.99. The van der Waals surface area contributed by atoms with E-state index in [1.807, 2.05) is 0 Å². The van der Waals surface area contributed by atoms with E-state index in [1.165, 1.54) is 0 Å². The highest BCUT2D eigenvalue weighted by Crippen LogP contribution is 2.35. The second kappa shape index (κ2) is 7.26. The van der Waals surface area contributed by atoms with E-state index in [0.29, 0.717) is 29.0 Å². The Hall–Kier alpha value is -1.01. The number of amides is 1. The molecule has 1 aromatic carbocycles. The number of benzene rings is 1. The predicted octanol–water partition coefficient (Wildman–Crippen LogP) is 3.17. The van der Waals surface area contributed by atoms with Gasteiger partial charge in [0.2, 0.25) is 0 Å². The van der Waals surface area contributed by atoms with Crippen molar-refractivity contribution in [2.75, 3.05) is 19.8 Å². The van der Waals surface area contributed by atoms with Crippen LogP contribution in [0.2, 0.25) is 10.0 Å². The summed E-state index contributed by atoms with van der Waals surface area (Å²) >= 11 is 11.9. The molecule has 1 N–H and O–H groups in total. The van der Waals surface area contributed by atoms with E-state index in [1.54, 1.807) is 18.2 Å². The van der Waals surface area contributed by atoms with E-state index in [4.69, 9.17) is 37.4 Å². The first-order chi connectivity index (χ1) is 11.1. The predicted molar refractivity (Wildman–Crippen MR) is 87.0 cm³/mol. The fourth-order valence-electron chi connectivity index (χ4n) is 2.99. The molecule has 23 heavy (non-hydrogen) atoms. The molecule has 5 nitrogen and oxygen atoms in total. The van der Waals surface area contributed by atoms with Crippen molar-refractivity contribution in [2.45, 2.75) is 37.5 Å². The maximum atomic E-state index is 12.0. The van der Waals surface area contributed by atoms with Crippen LogP contribution in [0.25, 0.3) is 0 Å². The Balaban J connectivity index is 1.44. The van der Waals surface area contributed by atoms with Crippen molar-refractivity contribution in [3.8, 4) is 5.75 Å². The van der Waals surface area contributed by atoms with E-state index < -0.39 is 5.79 Å². The first-order valence-corrected chi connectivity index (χ1v) is 8.47. The van der Waals surface area contributed by atoms with Gasteiger partial charge in [0.15, 0.2) is 12.4 Å². The number of carbonyl (C=O) groups is 1. The lowest BCUT2D eigenvalue weighted by atomic mass is 9.90. The van der Waals surface area contributed by atoms with Crippen LogP contribution in [0.15, 0.2) is 18.2 Å². The number of hydrogen-bond donors (Lipinski definition) is 1. The number of halogens is 2. The Kier molecular flexibility index (Phi) is 5.31. The molecule has 1 aliphatic carbocycles. The zero-order chi connectivity index (χ0) is 16.3. The van der Waals surface area contributed by atoms with Gasteiger partial charge in [-0.2, -0.15) is 0 Å². The van der Waals surface area contributed by atoms with Gasteiger partial charge in [0.05, 0.1) is 18.2 Å². The summed E-state index contributed by atoms with van der Waals surface area (Å²) in [5.74, 6) is -0.175. The van der Waals surface area contributed by atoms with Crippen LogP contribution >= 0.6 is 23.2 Å². The minimum atomic E-state index is -0.411. The third-order valence-corrected chi connectivity index (χ3v) is 4.73. The van der Waals surface area contributed by atoms with Crippen LogP contribution in [0, 0.1) is 0 Å². The van der Waals surface area contributed by atoms with Gasteiger partial charge in [0, 0.05) is 30.0 Å². The topological polar surface area (TPSA) is 56.8 Å². The lowest BCUT2D eigenvalue weighted by Gasteiger charge is -2.35. The van der Waals surface area contributed by atoms with Gasteiger partial charge in [-0.1, -0.05) is 23.2 Å². The molecule has 1 saturated heterocycles. The molecule has 1 amide bonds. The number of ether oxygens (including phenoxy) is 3. The number of rotatable bonds is 4. The van der Waals surface area contributed by atoms with Crippen LogP contribution in [0.4, 0.5) is 0 Å². The minimum Gasteiger partial charge on any atom is -0.482 e. The van der Waals surface area contributed by atoms with Gasteiger partial charge in [-0.25, -0.2) is 0 Å². The molecule has 7 heteroatoms. The fraction of sp³-hybridized carbons (Fsp3) is 0.562. The molecule has 3 rings (SSSR count).